The molecule has 0 saturated heterocycles. The summed E-state index contributed by atoms with van der Waals surface area (Å²) in [5.74, 6) is 1.82. The third-order valence-corrected chi connectivity index (χ3v) is 3.68. The first-order valence-corrected chi connectivity index (χ1v) is 7.09. The van der Waals surface area contributed by atoms with Gasteiger partial charge in [-0.15, -0.1) is 0 Å². The molecule has 1 aromatic heterocycles. The monoisotopic (exact) mass is 338 g/mol. The minimum absolute atomic E-state index is 0.0938. The van der Waals surface area contributed by atoms with Gasteiger partial charge < -0.3 is 15.5 Å². The van der Waals surface area contributed by atoms with Crippen LogP contribution in [0.25, 0.3) is 0 Å². The Morgan fingerprint density at radius 2 is 2.11 bits per heavy atom. The molecule has 3 nitrogen and oxygen atoms in total. The Bertz CT molecular complexity index is 609. The smallest absolute Gasteiger partial charge is 0.126 e. The van der Waals surface area contributed by atoms with E-state index in [1.165, 1.54) is 0 Å². The van der Waals surface area contributed by atoms with Gasteiger partial charge in [-0.1, -0.05) is 12.2 Å². The topological polar surface area (TPSA) is 51.2 Å². The summed E-state index contributed by atoms with van der Waals surface area (Å²) in [6, 6.07) is 9.84. The Morgan fingerprint density at radius 3 is 2.63 bits per heavy atom. The molecule has 1 heterocycles. The van der Waals surface area contributed by atoms with E-state index in [4.69, 9.17) is 22.4 Å². The van der Waals surface area contributed by atoms with Crippen molar-refractivity contribution in [1.29, 1.82) is 0 Å². The number of nitrogens with one attached hydrogen (secondary N) is 1. The summed E-state index contributed by atoms with van der Waals surface area (Å²) in [6.07, 6.45) is 0. The van der Waals surface area contributed by atoms with Crippen molar-refractivity contribution in [2.45, 2.75) is 19.9 Å². The molecule has 5 heteroatoms. The van der Waals surface area contributed by atoms with Crippen LogP contribution in [0.1, 0.15) is 30.0 Å². The standard InChI is InChI=1S/C14H15BrN2OS/c1-8-3-6-13(18-8)9(2)17-10-4-5-11(14(16)19)12(15)7-10/h3-7,9,17H,1-2H3,(H2,16,19). The number of nitrogens with two attached hydrogens (primary N) is 1. The summed E-state index contributed by atoms with van der Waals surface area (Å²) >= 11 is 8.44. The fourth-order valence-corrected chi connectivity index (χ4v) is 2.71. The van der Waals surface area contributed by atoms with E-state index >= 15 is 0 Å². The summed E-state index contributed by atoms with van der Waals surface area (Å²) < 4.78 is 6.48. The number of benzene rings is 1. The molecule has 100 valence electrons. The van der Waals surface area contributed by atoms with Crippen LogP contribution >= 0.6 is 28.1 Å². The second-order valence-electron chi connectivity index (χ2n) is 4.37. The van der Waals surface area contributed by atoms with Gasteiger partial charge in [0.2, 0.25) is 0 Å². The van der Waals surface area contributed by atoms with Gasteiger partial charge in [-0.3, -0.25) is 0 Å². The first-order chi connectivity index (χ1) is 8.97. The van der Waals surface area contributed by atoms with Crippen LogP contribution in [0.3, 0.4) is 0 Å². The van der Waals surface area contributed by atoms with E-state index in [0.717, 1.165) is 27.2 Å². The molecule has 1 atom stereocenters. The Hall–Kier alpha value is -1.33. The molecule has 1 unspecified atom stereocenters. The van der Waals surface area contributed by atoms with Gasteiger partial charge in [-0.25, -0.2) is 0 Å². The molecule has 0 amide bonds. The zero-order valence-electron chi connectivity index (χ0n) is 10.7. The number of anilines is 1. The van der Waals surface area contributed by atoms with Crippen LogP contribution in [0.5, 0.6) is 0 Å². The van der Waals surface area contributed by atoms with Crippen LogP contribution in [0.15, 0.2) is 39.2 Å². The highest BCUT2D eigenvalue weighted by Gasteiger charge is 2.10. The van der Waals surface area contributed by atoms with Crippen LogP contribution in [0, 0.1) is 6.92 Å². The summed E-state index contributed by atoms with van der Waals surface area (Å²) in [5.41, 5.74) is 7.44. The maximum Gasteiger partial charge on any atom is 0.126 e. The van der Waals surface area contributed by atoms with E-state index in [9.17, 15) is 0 Å². The lowest BCUT2D eigenvalue weighted by atomic mass is 10.2. The Balaban J connectivity index is 2.15. The van der Waals surface area contributed by atoms with Crippen molar-refractivity contribution < 1.29 is 4.42 Å². The Labute approximate surface area is 126 Å². The van der Waals surface area contributed by atoms with Crippen LogP contribution in [0.2, 0.25) is 0 Å². The van der Waals surface area contributed by atoms with E-state index in [2.05, 4.69) is 21.2 Å². The molecule has 0 bridgehead atoms. The number of hydrogen-bond acceptors (Lipinski definition) is 3. The molecule has 0 aliphatic carbocycles. The zero-order chi connectivity index (χ0) is 14.0. The highest BCUT2D eigenvalue weighted by atomic mass is 79.9. The number of thiocarbonyl (C=S) groups is 1. The van der Waals surface area contributed by atoms with E-state index in [1.807, 2.05) is 44.2 Å². The first kappa shape index (κ1) is 14.1. The van der Waals surface area contributed by atoms with Crippen molar-refractivity contribution in [3.63, 3.8) is 0 Å². The molecule has 1 aromatic carbocycles. The predicted octanol–water partition coefficient (Wildman–Crippen LogP) is 4.16. The van der Waals surface area contributed by atoms with Crippen molar-refractivity contribution in [3.05, 3.63) is 51.9 Å². The predicted molar refractivity (Wildman–Crippen MR) is 85.5 cm³/mol. The van der Waals surface area contributed by atoms with Crippen LogP contribution in [-0.4, -0.2) is 4.99 Å². The molecular weight excluding hydrogens is 324 g/mol. The van der Waals surface area contributed by atoms with Gasteiger partial charge >= 0.3 is 0 Å². The van der Waals surface area contributed by atoms with Gasteiger partial charge in [0.05, 0.1) is 6.04 Å². The van der Waals surface area contributed by atoms with E-state index < -0.39 is 0 Å². The molecule has 2 rings (SSSR count). The molecule has 3 N–H and O–H groups in total. The highest BCUT2D eigenvalue weighted by Crippen LogP contribution is 2.25. The SMILES string of the molecule is Cc1ccc(C(C)Nc2ccc(C(N)=S)c(Br)c2)o1. The molecule has 0 spiro atoms. The van der Waals surface area contributed by atoms with Crippen molar-refractivity contribution in [2.75, 3.05) is 5.32 Å². The molecule has 0 saturated carbocycles. The van der Waals surface area contributed by atoms with Gasteiger partial charge in [0.15, 0.2) is 0 Å². The van der Waals surface area contributed by atoms with E-state index in [0.29, 0.717) is 4.99 Å². The second kappa shape index (κ2) is 5.75. The van der Waals surface area contributed by atoms with Gasteiger partial charge in [-0.05, 0) is 60.1 Å². The second-order valence-corrected chi connectivity index (χ2v) is 5.67. The van der Waals surface area contributed by atoms with Crippen LogP contribution in [0.4, 0.5) is 5.69 Å². The molecular formula is C14H15BrN2OS. The maximum atomic E-state index is 5.63. The average Bonchev–Trinajstić information content (AvgIpc) is 2.75. The molecule has 0 radical (unpaired) electrons. The van der Waals surface area contributed by atoms with Crippen molar-refractivity contribution >= 4 is 38.8 Å². The molecule has 0 fully saturated rings. The summed E-state index contributed by atoms with van der Waals surface area (Å²) in [6.45, 7) is 3.98. The fraction of sp³-hybridized carbons (Fsp3) is 0.214. The van der Waals surface area contributed by atoms with Gasteiger partial charge in [0.1, 0.15) is 16.5 Å². The van der Waals surface area contributed by atoms with Gasteiger partial charge in [0.25, 0.3) is 0 Å². The fourth-order valence-electron chi connectivity index (χ4n) is 1.81. The van der Waals surface area contributed by atoms with Crippen molar-refractivity contribution in [2.24, 2.45) is 5.73 Å². The van der Waals surface area contributed by atoms with Gasteiger partial charge in [-0.2, -0.15) is 0 Å². The molecule has 0 aliphatic heterocycles. The number of halogens is 1. The lowest BCUT2D eigenvalue weighted by Gasteiger charge is -2.14. The van der Waals surface area contributed by atoms with Crippen molar-refractivity contribution in [1.82, 2.24) is 0 Å². The Morgan fingerprint density at radius 1 is 1.37 bits per heavy atom. The lowest BCUT2D eigenvalue weighted by Crippen LogP contribution is -2.11. The molecule has 0 aliphatic rings. The third kappa shape index (κ3) is 3.36. The number of aryl methyl sites for hydroxylation is 1. The van der Waals surface area contributed by atoms with Crippen LogP contribution < -0.4 is 11.1 Å². The normalized spacial score (nSPS) is 12.2. The van der Waals surface area contributed by atoms with Crippen LogP contribution in [-0.2, 0) is 0 Å². The first-order valence-electron chi connectivity index (χ1n) is 5.89. The van der Waals surface area contributed by atoms with Gasteiger partial charge in [0, 0.05) is 15.7 Å². The molecule has 19 heavy (non-hydrogen) atoms. The van der Waals surface area contributed by atoms with E-state index in [1.54, 1.807) is 0 Å². The minimum Gasteiger partial charge on any atom is -0.464 e. The summed E-state index contributed by atoms with van der Waals surface area (Å²) in [7, 11) is 0. The van der Waals surface area contributed by atoms with E-state index in [-0.39, 0.29) is 6.04 Å². The molecule has 2 aromatic rings. The summed E-state index contributed by atoms with van der Waals surface area (Å²) in [4.78, 5) is 0.383. The highest BCUT2D eigenvalue weighted by molar-refractivity contribution is 9.10. The average molecular weight is 339 g/mol. The summed E-state index contributed by atoms with van der Waals surface area (Å²) in [5, 5.41) is 3.37. The lowest BCUT2D eigenvalue weighted by molar-refractivity contribution is 0.467. The number of furan rings is 1. The Kier molecular flexibility index (Phi) is 4.27. The number of hydrogen-bond donors (Lipinski definition) is 2. The maximum absolute atomic E-state index is 5.63. The van der Waals surface area contributed by atoms with Crippen molar-refractivity contribution in [3.8, 4) is 0 Å². The quantitative estimate of drug-likeness (QED) is 0.822. The third-order valence-electron chi connectivity index (χ3n) is 2.81. The minimum atomic E-state index is 0.0938. The largest absolute Gasteiger partial charge is 0.464 e. The zero-order valence-corrected chi connectivity index (χ0v) is 13.1. The number of rotatable bonds is 4.